The number of hydrogen-bond donors (Lipinski definition) is 8. The molecular formula is C13H26O10. The van der Waals surface area contributed by atoms with Gasteiger partial charge in [-0.3, -0.25) is 0 Å². The molecular weight excluding hydrogens is 316 g/mol. The lowest BCUT2D eigenvalue weighted by Gasteiger charge is -2.42. The van der Waals surface area contributed by atoms with E-state index in [-0.39, 0.29) is 6.42 Å². The van der Waals surface area contributed by atoms with E-state index in [9.17, 15) is 35.7 Å². The van der Waals surface area contributed by atoms with Crippen LogP contribution in [0.5, 0.6) is 0 Å². The zero-order valence-electron chi connectivity index (χ0n) is 12.7. The van der Waals surface area contributed by atoms with Crippen molar-refractivity contribution >= 4 is 0 Å². The lowest BCUT2D eigenvalue weighted by Crippen LogP contribution is -2.59. The summed E-state index contributed by atoms with van der Waals surface area (Å²) >= 11 is 0. The molecule has 1 aliphatic heterocycles. The first kappa shape index (κ1) is 20.6. The summed E-state index contributed by atoms with van der Waals surface area (Å²) in [5, 5.41) is 76.5. The van der Waals surface area contributed by atoms with Crippen molar-refractivity contribution in [3.63, 3.8) is 0 Å². The van der Waals surface area contributed by atoms with Crippen LogP contribution >= 0.6 is 0 Å². The second kappa shape index (κ2) is 9.18. The van der Waals surface area contributed by atoms with Crippen LogP contribution in [0.4, 0.5) is 0 Å². The predicted molar refractivity (Wildman–Crippen MR) is 73.7 cm³/mol. The van der Waals surface area contributed by atoms with Crippen molar-refractivity contribution < 1.29 is 50.3 Å². The third-order valence-electron chi connectivity index (χ3n) is 3.92. The SMILES string of the molecule is CCC(O)C(OC1OC(O)C(O)C(O)C1CO)C(O)C(O)CO. The molecule has 9 unspecified atom stereocenters. The summed E-state index contributed by atoms with van der Waals surface area (Å²) in [7, 11) is 0. The van der Waals surface area contributed by atoms with Crippen LogP contribution in [0.2, 0.25) is 0 Å². The normalized spacial score (nSPS) is 37.2. The predicted octanol–water partition coefficient (Wildman–Crippen LogP) is -4.14. The Kier molecular flexibility index (Phi) is 8.24. The molecule has 9 atom stereocenters. The minimum atomic E-state index is -1.79. The minimum Gasteiger partial charge on any atom is -0.396 e. The molecule has 1 aliphatic rings. The molecule has 0 saturated carbocycles. The quantitative estimate of drug-likeness (QED) is 0.216. The Bertz CT molecular complexity index is 343. The molecule has 8 N–H and O–H groups in total. The molecule has 1 heterocycles. The van der Waals surface area contributed by atoms with Crippen molar-refractivity contribution in [2.45, 2.75) is 62.5 Å². The fraction of sp³-hybridized carbons (Fsp3) is 1.00. The van der Waals surface area contributed by atoms with E-state index in [1.165, 1.54) is 0 Å². The van der Waals surface area contributed by atoms with E-state index in [0.29, 0.717) is 0 Å². The number of aliphatic hydroxyl groups excluding tert-OH is 8. The molecule has 23 heavy (non-hydrogen) atoms. The summed E-state index contributed by atoms with van der Waals surface area (Å²) < 4.78 is 10.3. The topological polar surface area (TPSA) is 180 Å². The van der Waals surface area contributed by atoms with E-state index in [2.05, 4.69) is 0 Å². The maximum atomic E-state index is 9.96. The third-order valence-corrected chi connectivity index (χ3v) is 3.92. The summed E-state index contributed by atoms with van der Waals surface area (Å²) in [6.07, 6.45) is -12.3. The van der Waals surface area contributed by atoms with Crippen molar-refractivity contribution in [2.24, 2.45) is 5.92 Å². The molecule has 138 valence electrons. The first-order chi connectivity index (χ1) is 10.8. The van der Waals surface area contributed by atoms with Crippen LogP contribution in [0.15, 0.2) is 0 Å². The molecule has 1 saturated heterocycles. The van der Waals surface area contributed by atoms with E-state index in [4.69, 9.17) is 14.6 Å². The van der Waals surface area contributed by atoms with Gasteiger partial charge in [0.05, 0.1) is 31.3 Å². The Labute approximate surface area is 133 Å². The van der Waals surface area contributed by atoms with Crippen molar-refractivity contribution in [1.82, 2.24) is 0 Å². The van der Waals surface area contributed by atoms with Gasteiger partial charge in [-0.15, -0.1) is 0 Å². The average Bonchev–Trinajstić information content (AvgIpc) is 2.55. The molecule has 10 heteroatoms. The van der Waals surface area contributed by atoms with Crippen molar-refractivity contribution in [3.8, 4) is 0 Å². The number of hydrogen-bond acceptors (Lipinski definition) is 10. The first-order valence-corrected chi connectivity index (χ1v) is 7.39. The van der Waals surface area contributed by atoms with E-state index < -0.39 is 68.3 Å². The van der Waals surface area contributed by atoms with Crippen LogP contribution < -0.4 is 0 Å². The molecule has 0 radical (unpaired) electrons. The minimum absolute atomic E-state index is 0.129. The molecule has 0 amide bonds. The van der Waals surface area contributed by atoms with E-state index in [0.717, 1.165) is 0 Å². The lowest BCUT2D eigenvalue weighted by atomic mass is 9.94. The summed E-state index contributed by atoms with van der Waals surface area (Å²) in [5.41, 5.74) is 0. The standard InChI is InChI=1S/C13H26O10/c1-2-6(16)11(9(19)7(17)4-15)22-13-5(3-14)8(18)10(20)12(21)23-13/h5-21H,2-4H2,1H3. The van der Waals surface area contributed by atoms with Crippen LogP contribution in [0.1, 0.15) is 13.3 Å². The summed E-state index contributed by atoms with van der Waals surface area (Å²) in [6, 6.07) is 0. The van der Waals surface area contributed by atoms with Crippen molar-refractivity contribution in [3.05, 3.63) is 0 Å². The monoisotopic (exact) mass is 342 g/mol. The second-order valence-electron chi connectivity index (χ2n) is 5.54. The maximum absolute atomic E-state index is 9.96. The molecule has 0 aromatic carbocycles. The fourth-order valence-electron chi connectivity index (χ4n) is 2.34. The highest BCUT2D eigenvalue weighted by atomic mass is 16.7. The molecule has 0 aliphatic carbocycles. The average molecular weight is 342 g/mol. The van der Waals surface area contributed by atoms with Crippen LogP contribution in [0, 0.1) is 5.92 Å². The molecule has 0 bridgehead atoms. The van der Waals surface area contributed by atoms with Gasteiger partial charge < -0.3 is 50.3 Å². The van der Waals surface area contributed by atoms with Gasteiger partial charge in [0.2, 0.25) is 0 Å². The van der Waals surface area contributed by atoms with Crippen LogP contribution in [0.25, 0.3) is 0 Å². The molecule has 1 fully saturated rings. The summed E-state index contributed by atoms with van der Waals surface area (Å²) in [5.74, 6) is -1.15. The largest absolute Gasteiger partial charge is 0.396 e. The zero-order chi connectivity index (χ0) is 17.7. The Hall–Kier alpha value is -0.400. The van der Waals surface area contributed by atoms with Crippen molar-refractivity contribution in [1.29, 1.82) is 0 Å². The van der Waals surface area contributed by atoms with Crippen molar-refractivity contribution in [2.75, 3.05) is 13.2 Å². The van der Waals surface area contributed by atoms with Gasteiger partial charge in [-0.05, 0) is 6.42 Å². The van der Waals surface area contributed by atoms with Gasteiger partial charge >= 0.3 is 0 Å². The highest BCUT2D eigenvalue weighted by Gasteiger charge is 2.46. The molecule has 0 aromatic rings. The van der Waals surface area contributed by atoms with Gasteiger partial charge in [0.1, 0.15) is 24.4 Å². The Morgan fingerprint density at radius 1 is 1.00 bits per heavy atom. The smallest absolute Gasteiger partial charge is 0.186 e. The Balaban J connectivity index is 2.92. The van der Waals surface area contributed by atoms with Crippen LogP contribution in [-0.4, -0.2) is 103 Å². The summed E-state index contributed by atoms with van der Waals surface area (Å²) in [6.45, 7) is 0.136. The van der Waals surface area contributed by atoms with Crippen LogP contribution in [0.3, 0.4) is 0 Å². The van der Waals surface area contributed by atoms with Gasteiger partial charge in [-0.2, -0.15) is 0 Å². The Morgan fingerprint density at radius 2 is 1.61 bits per heavy atom. The molecule has 0 aromatic heterocycles. The number of ether oxygens (including phenoxy) is 2. The number of rotatable bonds is 8. The molecule has 0 spiro atoms. The Morgan fingerprint density at radius 3 is 2.09 bits per heavy atom. The third kappa shape index (κ3) is 4.79. The van der Waals surface area contributed by atoms with Gasteiger partial charge in [0.15, 0.2) is 12.6 Å². The maximum Gasteiger partial charge on any atom is 0.186 e. The van der Waals surface area contributed by atoms with Gasteiger partial charge in [0.25, 0.3) is 0 Å². The molecule has 1 rings (SSSR count). The van der Waals surface area contributed by atoms with Gasteiger partial charge in [-0.25, -0.2) is 0 Å². The van der Waals surface area contributed by atoms with Gasteiger partial charge in [-0.1, -0.05) is 6.92 Å². The van der Waals surface area contributed by atoms with E-state index >= 15 is 0 Å². The van der Waals surface area contributed by atoms with E-state index in [1.54, 1.807) is 6.92 Å². The second-order valence-corrected chi connectivity index (χ2v) is 5.54. The molecule has 10 nitrogen and oxygen atoms in total. The van der Waals surface area contributed by atoms with Gasteiger partial charge in [0, 0.05) is 0 Å². The van der Waals surface area contributed by atoms with E-state index in [1.807, 2.05) is 0 Å². The van der Waals surface area contributed by atoms with Crippen LogP contribution in [-0.2, 0) is 9.47 Å². The zero-order valence-corrected chi connectivity index (χ0v) is 12.7. The highest BCUT2D eigenvalue weighted by Crippen LogP contribution is 2.28. The highest BCUT2D eigenvalue weighted by molar-refractivity contribution is 4.88. The summed E-state index contributed by atoms with van der Waals surface area (Å²) in [4.78, 5) is 0. The first-order valence-electron chi connectivity index (χ1n) is 7.39. The fourth-order valence-corrected chi connectivity index (χ4v) is 2.34. The number of aliphatic hydroxyl groups is 8. The lowest BCUT2D eigenvalue weighted by molar-refractivity contribution is -0.351.